The van der Waals surface area contributed by atoms with Gasteiger partial charge in [0.2, 0.25) is 0 Å². The van der Waals surface area contributed by atoms with Crippen LogP contribution in [0.2, 0.25) is 0 Å². The molecule has 1 aliphatic carbocycles. The van der Waals surface area contributed by atoms with Crippen molar-refractivity contribution in [2.75, 3.05) is 0 Å². The van der Waals surface area contributed by atoms with Crippen molar-refractivity contribution >= 4 is 11.0 Å². The van der Waals surface area contributed by atoms with Gasteiger partial charge in [-0.3, -0.25) is 9.55 Å². The molecule has 1 fully saturated rings. The summed E-state index contributed by atoms with van der Waals surface area (Å²) in [5.74, 6) is 1.64. The van der Waals surface area contributed by atoms with Crippen LogP contribution in [0.5, 0.6) is 5.75 Å². The van der Waals surface area contributed by atoms with Crippen LogP contribution in [-0.4, -0.2) is 19.6 Å². The fourth-order valence-corrected chi connectivity index (χ4v) is 10.5. The van der Waals surface area contributed by atoms with Crippen LogP contribution in [0.4, 0.5) is 0 Å². The van der Waals surface area contributed by atoms with E-state index in [1.54, 1.807) is 0 Å². The van der Waals surface area contributed by atoms with Crippen LogP contribution < -0.4 is 0 Å². The summed E-state index contributed by atoms with van der Waals surface area (Å²) in [6, 6.07) is 61.4. The highest BCUT2D eigenvalue weighted by Gasteiger charge is 2.27. The first-order valence-corrected chi connectivity index (χ1v) is 24.9. The van der Waals surface area contributed by atoms with Crippen molar-refractivity contribution in [3.05, 3.63) is 204 Å². The van der Waals surface area contributed by atoms with Crippen LogP contribution in [0.1, 0.15) is 109 Å². The third kappa shape index (κ3) is 9.18. The van der Waals surface area contributed by atoms with Gasteiger partial charge in [0.25, 0.3) is 0 Å². The second-order valence-corrected chi connectivity index (χ2v) is 22.0. The zero-order chi connectivity index (χ0) is 48.1. The summed E-state index contributed by atoms with van der Waals surface area (Å²) in [7, 11) is 0. The summed E-state index contributed by atoms with van der Waals surface area (Å²) in [5.41, 5.74) is 18.1. The number of pyridine rings is 1. The highest BCUT2D eigenvalue weighted by Crippen LogP contribution is 2.44. The third-order valence-corrected chi connectivity index (χ3v) is 14.8. The van der Waals surface area contributed by atoms with Gasteiger partial charge in [0.05, 0.1) is 28.0 Å². The van der Waals surface area contributed by atoms with E-state index in [9.17, 15) is 5.11 Å². The largest absolute Gasteiger partial charge is 0.507 e. The Kier molecular flexibility index (Phi) is 12.0. The molecule has 0 saturated heterocycles. The van der Waals surface area contributed by atoms with Gasteiger partial charge in [0.15, 0.2) is 0 Å². The number of aromatic nitrogens is 3. The Bertz CT molecular complexity index is 3290. The van der Waals surface area contributed by atoms with Crippen molar-refractivity contribution in [3.63, 3.8) is 0 Å². The minimum atomic E-state index is -0.147. The molecule has 0 bridgehead atoms. The Labute approximate surface area is 409 Å². The van der Waals surface area contributed by atoms with Gasteiger partial charge in [-0.1, -0.05) is 196 Å². The minimum Gasteiger partial charge on any atom is -0.507 e. The maximum absolute atomic E-state index is 11.9. The molecule has 9 aromatic rings. The Balaban J connectivity index is 1.14. The number of phenols is 1. The van der Waals surface area contributed by atoms with E-state index in [-0.39, 0.29) is 22.0 Å². The lowest BCUT2D eigenvalue weighted by Crippen LogP contribution is -2.18. The second-order valence-electron chi connectivity index (χ2n) is 22.0. The van der Waals surface area contributed by atoms with Crippen molar-refractivity contribution < 1.29 is 5.11 Å². The molecule has 1 saturated carbocycles. The van der Waals surface area contributed by atoms with E-state index in [0.29, 0.717) is 11.4 Å². The van der Waals surface area contributed by atoms with Crippen LogP contribution >= 0.6 is 0 Å². The number of phenolic OH excluding ortho intramolecular Hbond substituents is 1. The number of rotatable bonds is 10. The lowest BCUT2D eigenvalue weighted by atomic mass is 9.78. The zero-order valence-electron chi connectivity index (χ0n) is 41.6. The molecule has 4 heteroatoms. The smallest absolute Gasteiger partial charge is 0.149 e. The van der Waals surface area contributed by atoms with Gasteiger partial charge in [0, 0.05) is 28.3 Å². The van der Waals surface area contributed by atoms with Crippen LogP contribution in [0.25, 0.3) is 72.7 Å². The topological polar surface area (TPSA) is 50.9 Å². The molecule has 1 N–H and O–H groups in total. The predicted octanol–water partition coefficient (Wildman–Crippen LogP) is 17.1. The maximum atomic E-state index is 11.9. The summed E-state index contributed by atoms with van der Waals surface area (Å²) < 4.78 is 2.30. The Morgan fingerprint density at radius 2 is 1.17 bits per heavy atom. The van der Waals surface area contributed by atoms with E-state index < -0.39 is 0 Å². The lowest BCUT2D eigenvalue weighted by Gasteiger charge is -2.26. The standard InChI is InChI=1S/C65H65N3O/c1-63(2,3)52-31-33-60(69)56(42-52)62-67-61-54(24-17-25-59(61)68(62)58-32-26-44(36-43-18-15-16-19-43)37-55(58)46-20-11-9-12-21-46)48-38-49(40-53(39-48)64(4,5)6)57-41-47(34-35-66-57)45-27-29-51(30-28-45)65(7,8)50-22-13-10-14-23-50/h9-14,17,20-35,37-43,69H,15-16,18-19,36H2,1-8H3. The van der Waals surface area contributed by atoms with Gasteiger partial charge in [-0.15, -0.1) is 0 Å². The van der Waals surface area contributed by atoms with Gasteiger partial charge in [-0.2, -0.15) is 0 Å². The highest BCUT2D eigenvalue weighted by molar-refractivity contribution is 5.98. The molecule has 0 atom stereocenters. The van der Waals surface area contributed by atoms with E-state index in [4.69, 9.17) is 9.97 Å². The summed E-state index contributed by atoms with van der Waals surface area (Å²) >= 11 is 0. The number of fused-ring (bicyclic) bond motifs is 1. The van der Waals surface area contributed by atoms with Crippen molar-refractivity contribution in [1.82, 2.24) is 14.5 Å². The number of para-hydroxylation sites is 1. The van der Waals surface area contributed by atoms with Crippen LogP contribution in [0, 0.1) is 5.92 Å². The fourth-order valence-electron chi connectivity index (χ4n) is 10.5. The molecule has 69 heavy (non-hydrogen) atoms. The molecular formula is C65H65N3O. The van der Waals surface area contributed by atoms with E-state index in [1.165, 1.54) is 47.9 Å². The number of nitrogens with zero attached hydrogens (tertiary/aromatic N) is 3. The molecule has 4 nitrogen and oxygen atoms in total. The molecular weight excluding hydrogens is 839 g/mol. The maximum Gasteiger partial charge on any atom is 0.149 e. The molecule has 0 aliphatic heterocycles. The molecule has 0 unspecified atom stereocenters. The van der Waals surface area contributed by atoms with Gasteiger partial charge in [0.1, 0.15) is 11.6 Å². The number of hydrogen-bond donors (Lipinski definition) is 1. The van der Waals surface area contributed by atoms with Crippen LogP contribution in [-0.2, 0) is 22.7 Å². The van der Waals surface area contributed by atoms with Crippen molar-refractivity contribution in [2.45, 2.75) is 104 Å². The molecule has 2 aromatic heterocycles. The van der Waals surface area contributed by atoms with Crippen LogP contribution in [0.3, 0.4) is 0 Å². The number of imidazole rings is 1. The minimum absolute atomic E-state index is 0.118. The lowest BCUT2D eigenvalue weighted by molar-refractivity contribution is 0.475. The van der Waals surface area contributed by atoms with Gasteiger partial charge in [-0.25, -0.2) is 4.98 Å². The van der Waals surface area contributed by atoms with E-state index in [2.05, 4.69) is 218 Å². The van der Waals surface area contributed by atoms with E-state index in [1.807, 2.05) is 18.3 Å². The molecule has 2 heterocycles. The molecule has 0 amide bonds. The SMILES string of the molecule is CC(C)(C)c1cc(-c2cc(-c3ccc(C(C)(C)c4ccccc4)cc3)ccn2)cc(-c2cccc3c2nc(-c2cc(C(C)(C)C)ccc2O)n3-c2ccc(CC3CCCC3)cc2-c2ccccc2)c1. The normalized spacial score (nSPS) is 13.6. The molecule has 7 aromatic carbocycles. The molecule has 10 rings (SSSR count). The molecule has 346 valence electrons. The highest BCUT2D eigenvalue weighted by atomic mass is 16.3. The Morgan fingerprint density at radius 3 is 1.88 bits per heavy atom. The summed E-state index contributed by atoms with van der Waals surface area (Å²) in [6.07, 6.45) is 8.26. The number of hydrogen-bond acceptors (Lipinski definition) is 3. The van der Waals surface area contributed by atoms with Crippen LogP contribution in [0.15, 0.2) is 176 Å². The van der Waals surface area contributed by atoms with Crippen molar-refractivity contribution in [3.8, 4) is 67.5 Å². The molecule has 0 spiro atoms. The Hall–Kier alpha value is -7.04. The monoisotopic (exact) mass is 904 g/mol. The van der Waals surface area contributed by atoms with Gasteiger partial charge in [-0.05, 0) is 128 Å². The van der Waals surface area contributed by atoms with Crippen molar-refractivity contribution in [2.24, 2.45) is 5.92 Å². The summed E-state index contributed by atoms with van der Waals surface area (Å²) in [5, 5.41) is 11.9. The van der Waals surface area contributed by atoms with E-state index in [0.717, 1.165) is 79.3 Å². The Morgan fingerprint density at radius 1 is 0.507 bits per heavy atom. The first-order chi connectivity index (χ1) is 33.1. The molecule has 1 aliphatic rings. The molecule has 0 radical (unpaired) electrons. The number of benzene rings is 7. The average molecular weight is 904 g/mol. The van der Waals surface area contributed by atoms with Crippen molar-refractivity contribution in [1.29, 1.82) is 0 Å². The fraction of sp³-hybridized carbons (Fsp3) is 0.262. The first kappa shape index (κ1) is 45.7. The van der Waals surface area contributed by atoms with E-state index >= 15 is 0 Å². The van der Waals surface area contributed by atoms with Gasteiger partial charge < -0.3 is 5.11 Å². The number of aromatic hydroxyl groups is 1. The first-order valence-electron chi connectivity index (χ1n) is 24.9. The third-order valence-electron chi connectivity index (χ3n) is 14.8. The second kappa shape index (κ2) is 18.1. The quantitative estimate of drug-likeness (QED) is 0.149. The summed E-state index contributed by atoms with van der Waals surface area (Å²) in [4.78, 5) is 10.7. The predicted molar refractivity (Wildman–Crippen MR) is 289 cm³/mol. The van der Waals surface area contributed by atoms with Gasteiger partial charge >= 0.3 is 0 Å². The zero-order valence-corrected chi connectivity index (χ0v) is 41.6. The summed E-state index contributed by atoms with van der Waals surface area (Å²) in [6.45, 7) is 18.1. The average Bonchev–Trinajstić information content (AvgIpc) is 4.02.